The van der Waals surface area contributed by atoms with Crippen LogP contribution in [0.5, 0.6) is 17.2 Å². The fourth-order valence-corrected chi connectivity index (χ4v) is 2.37. The van der Waals surface area contributed by atoms with Crippen LogP contribution in [-0.4, -0.2) is 23.6 Å². The van der Waals surface area contributed by atoms with Gasteiger partial charge in [-0.3, -0.25) is 9.59 Å². The molecule has 23 heavy (non-hydrogen) atoms. The van der Waals surface area contributed by atoms with Gasteiger partial charge in [-0.05, 0) is 30.3 Å². The van der Waals surface area contributed by atoms with Gasteiger partial charge in [0.2, 0.25) is 0 Å². The van der Waals surface area contributed by atoms with Crippen molar-refractivity contribution in [2.24, 2.45) is 0 Å². The van der Waals surface area contributed by atoms with Crippen LogP contribution in [0.25, 0.3) is 22.3 Å². The molecule has 2 aromatic carbocycles. The van der Waals surface area contributed by atoms with E-state index in [1.54, 1.807) is 12.1 Å². The Kier molecular flexibility index (Phi) is 3.50. The summed E-state index contributed by atoms with van der Waals surface area (Å²) in [7, 11) is 1.30. The SMILES string of the molecule is COc1c(O)cc2c(=O)cc(-c3ccc(O)cc3)oc2c1C=O. The third-order valence-corrected chi connectivity index (χ3v) is 3.46. The number of aldehydes is 1. The maximum absolute atomic E-state index is 12.3. The number of carbonyl (C=O) groups is 1. The summed E-state index contributed by atoms with van der Waals surface area (Å²) in [6.07, 6.45) is 0.463. The molecule has 2 N–H and O–H groups in total. The van der Waals surface area contributed by atoms with Crippen LogP contribution < -0.4 is 10.2 Å². The first-order valence-electron chi connectivity index (χ1n) is 6.67. The molecule has 3 aromatic rings. The molecule has 0 saturated carbocycles. The van der Waals surface area contributed by atoms with Crippen molar-refractivity contribution in [3.63, 3.8) is 0 Å². The Morgan fingerprint density at radius 3 is 2.43 bits per heavy atom. The molecule has 0 amide bonds. The van der Waals surface area contributed by atoms with Crippen LogP contribution in [0, 0.1) is 0 Å². The smallest absolute Gasteiger partial charge is 0.193 e. The van der Waals surface area contributed by atoms with E-state index < -0.39 is 5.43 Å². The first-order chi connectivity index (χ1) is 11.0. The second-order valence-electron chi connectivity index (χ2n) is 4.86. The molecule has 0 atom stereocenters. The van der Waals surface area contributed by atoms with Gasteiger partial charge in [-0.1, -0.05) is 0 Å². The number of phenols is 2. The fraction of sp³-hybridized carbons (Fsp3) is 0.0588. The summed E-state index contributed by atoms with van der Waals surface area (Å²) >= 11 is 0. The van der Waals surface area contributed by atoms with E-state index in [9.17, 15) is 19.8 Å². The number of rotatable bonds is 3. The normalized spacial score (nSPS) is 10.7. The van der Waals surface area contributed by atoms with Gasteiger partial charge in [0.1, 0.15) is 17.1 Å². The Hall–Kier alpha value is -3.28. The number of hydrogen-bond donors (Lipinski definition) is 2. The van der Waals surface area contributed by atoms with Crippen molar-refractivity contribution in [2.75, 3.05) is 7.11 Å². The van der Waals surface area contributed by atoms with Crippen LogP contribution in [0.15, 0.2) is 45.6 Å². The highest BCUT2D eigenvalue weighted by molar-refractivity contribution is 5.99. The lowest BCUT2D eigenvalue weighted by molar-refractivity contribution is 0.112. The number of carbonyl (C=O) groups excluding carboxylic acids is 1. The van der Waals surface area contributed by atoms with E-state index >= 15 is 0 Å². The van der Waals surface area contributed by atoms with E-state index in [4.69, 9.17) is 9.15 Å². The molecule has 1 heterocycles. The fourth-order valence-electron chi connectivity index (χ4n) is 2.37. The van der Waals surface area contributed by atoms with Gasteiger partial charge in [0.25, 0.3) is 0 Å². The summed E-state index contributed by atoms with van der Waals surface area (Å²) < 4.78 is 10.7. The van der Waals surface area contributed by atoms with E-state index in [0.29, 0.717) is 11.8 Å². The van der Waals surface area contributed by atoms with Crippen molar-refractivity contribution < 1.29 is 24.2 Å². The van der Waals surface area contributed by atoms with Crippen molar-refractivity contribution in [1.82, 2.24) is 0 Å². The zero-order valence-corrected chi connectivity index (χ0v) is 12.1. The monoisotopic (exact) mass is 312 g/mol. The highest BCUT2D eigenvalue weighted by Gasteiger charge is 2.18. The lowest BCUT2D eigenvalue weighted by Gasteiger charge is -2.10. The van der Waals surface area contributed by atoms with Crippen molar-refractivity contribution in [3.8, 4) is 28.6 Å². The summed E-state index contributed by atoms with van der Waals surface area (Å²) in [5.74, 6) is -0.0549. The van der Waals surface area contributed by atoms with E-state index in [2.05, 4.69) is 0 Å². The minimum atomic E-state index is -0.407. The van der Waals surface area contributed by atoms with Gasteiger partial charge in [-0.15, -0.1) is 0 Å². The molecule has 3 rings (SSSR count). The minimum absolute atomic E-state index is 0.0326. The largest absolute Gasteiger partial charge is 0.508 e. The molecule has 0 fully saturated rings. The molecule has 0 bridgehead atoms. The lowest BCUT2D eigenvalue weighted by Crippen LogP contribution is -2.03. The average Bonchev–Trinajstić information content (AvgIpc) is 2.55. The third kappa shape index (κ3) is 2.40. The van der Waals surface area contributed by atoms with Crippen LogP contribution in [0.4, 0.5) is 0 Å². The van der Waals surface area contributed by atoms with Gasteiger partial charge in [0.15, 0.2) is 28.8 Å². The maximum Gasteiger partial charge on any atom is 0.193 e. The maximum atomic E-state index is 12.3. The predicted octanol–water partition coefficient (Wildman–Crippen LogP) is 2.69. The van der Waals surface area contributed by atoms with Crippen molar-refractivity contribution in [3.05, 3.63) is 52.2 Å². The zero-order valence-electron chi connectivity index (χ0n) is 12.1. The van der Waals surface area contributed by atoms with Gasteiger partial charge in [0.05, 0.1) is 12.5 Å². The van der Waals surface area contributed by atoms with Crippen LogP contribution in [0.2, 0.25) is 0 Å². The first-order valence-corrected chi connectivity index (χ1v) is 6.67. The first kappa shape index (κ1) is 14.6. The summed E-state index contributed by atoms with van der Waals surface area (Å²) in [5.41, 5.74) is 0.145. The average molecular weight is 312 g/mol. The number of benzene rings is 2. The van der Waals surface area contributed by atoms with E-state index in [-0.39, 0.29) is 39.5 Å². The zero-order chi connectivity index (χ0) is 16.6. The van der Waals surface area contributed by atoms with E-state index in [0.717, 1.165) is 0 Å². The summed E-state index contributed by atoms with van der Waals surface area (Å²) in [6.45, 7) is 0. The van der Waals surface area contributed by atoms with Gasteiger partial charge < -0.3 is 19.4 Å². The Labute approximate surface area is 130 Å². The van der Waals surface area contributed by atoms with Crippen molar-refractivity contribution >= 4 is 17.3 Å². The molecule has 0 unspecified atom stereocenters. The molecule has 0 spiro atoms. The molecule has 116 valence electrons. The van der Waals surface area contributed by atoms with Gasteiger partial charge in [-0.2, -0.15) is 0 Å². The van der Waals surface area contributed by atoms with Crippen LogP contribution in [0.3, 0.4) is 0 Å². The van der Waals surface area contributed by atoms with Gasteiger partial charge in [-0.25, -0.2) is 0 Å². The Morgan fingerprint density at radius 2 is 1.83 bits per heavy atom. The molecule has 1 aromatic heterocycles. The quantitative estimate of drug-likeness (QED) is 0.722. The van der Waals surface area contributed by atoms with Gasteiger partial charge >= 0.3 is 0 Å². The highest BCUT2D eigenvalue weighted by Crippen LogP contribution is 2.36. The molecule has 0 aliphatic carbocycles. The van der Waals surface area contributed by atoms with Gasteiger partial charge in [0, 0.05) is 11.6 Å². The number of ether oxygens (including phenoxy) is 1. The lowest BCUT2D eigenvalue weighted by atomic mass is 10.1. The van der Waals surface area contributed by atoms with Crippen LogP contribution in [-0.2, 0) is 0 Å². The summed E-state index contributed by atoms with van der Waals surface area (Å²) in [4.78, 5) is 23.7. The standard InChI is InChI=1S/C17H12O6/c1-22-17-12(8-18)16-11(6-14(17)21)13(20)7-15(23-16)9-2-4-10(19)5-3-9/h2-8,19,21H,1H3. The molecule has 0 saturated heterocycles. The van der Waals surface area contributed by atoms with Crippen molar-refractivity contribution in [2.45, 2.75) is 0 Å². The molecule has 0 aliphatic heterocycles. The second kappa shape index (κ2) is 5.49. The number of hydrogen-bond acceptors (Lipinski definition) is 6. The molecule has 0 aliphatic rings. The molecule has 6 nitrogen and oxygen atoms in total. The highest BCUT2D eigenvalue weighted by atomic mass is 16.5. The Bertz CT molecular complexity index is 953. The molecular weight excluding hydrogens is 300 g/mol. The van der Waals surface area contributed by atoms with Crippen LogP contribution in [0.1, 0.15) is 10.4 Å². The predicted molar refractivity (Wildman–Crippen MR) is 83.2 cm³/mol. The third-order valence-electron chi connectivity index (χ3n) is 3.46. The van der Waals surface area contributed by atoms with Crippen molar-refractivity contribution in [1.29, 1.82) is 0 Å². The molecule has 6 heteroatoms. The minimum Gasteiger partial charge on any atom is -0.508 e. The summed E-state index contributed by atoms with van der Waals surface area (Å²) in [6, 6.07) is 8.54. The number of fused-ring (bicyclic) bond motifs is 1. The Morgan fingerprint density at radius 1 is 1.13 bits per heavy atom. The van der Waals surface area contributed by atoms with E-state index in [1.165, 1.54) is 31.4 Å². The summed E-state index contributed by atoms with van der Waals surface area (Å²) in [5, 5.41) is 19.3. The number of aromatic hydroxyl groups is 2. The Balaban J connectivity index is 2.36. The topological polar surface area (TPSA) is 97.0 Å². The molecule has 0 radical (unpaired) electrons. The number of methoxy groups -OCH3 is 1. The number of phenolic OH excluding ortho intramolecular Hbond substituents is 2. The van der Waals surface area contributed by atoms with Crippen LogP contribution >= 0.6 is 0 Å². The second-order valence-corrected chi connectivity index (χ2v) is 4.86. The van der Waals surface area contributed by atoms with E-state index in [1.807, 2.05) is 0 Å². The molecular formula is C17H12O6.